The Morgan fingerprint density at radius 1 is 1.12 bits per heavy atom. The van der Waals surface area contributed by atoms with Crippen LogP contribution in [0.15, 0.2) is 54.7 Å². The van der Waals surface area contributed by atoms with Gasteiger partial charge in [-0.05, 0) is 35.9 Å². The summed E-state index contributed by atoms with van der Waals surface area (Å²) in [6.07, 6.45) is 1.86. The van der Waals surface area contributed by atoms with Gasteiger partial charge in [0.1, 0.15) is 0 Å². The number of aromatic amines is 1. The van der Waals surface area contributed by atoms with E-state index < -0.39 is 11.9 Å². The van der Waals surface area contributed by atoms with E-state index >= 15 is 0 Å². The molecule has 0 fully saturated rings. The minimum Gasteiger partial charge on any atom is -0.455 e. The third-order valence-corrected chi connectivity index (χ3v) is 3.67. The summed E-state index contributed by atoms with van der Waals surface area (Å²) in [5, 5.41) is 12.3. The van der Waals surface area contributed by atoms with E-state index in [1.165, 1.54) is 0 Å². The number of amides is 1. The number of carbonyl (C=O) groups is 2. The summed E-state index contributed by atoms with van der Waals surface area (Å²) in [5.74, 6) is -0.906. The summed E-state index contributed by atoms with van der Waals surface area (Å²) in [4.78, 5) is 26.9. The summed E-state index contributed by atoms with van der Waals surface area (Å²) >= 11 is 0. The number of hydrogen-bond acceptors (Lipinski definition) is 4. The number of H-pyrrole nitrogens is 1. The van der Waals surface area contributed by atoms with Gasteiger partial charge in [-0.1, -0.05) is 18.2 Å². The number of para-hydroxylation sites is 1. The molecule has 1 amide bonds. The molecule has 25 heavy (non-hydrogen) atoms. The third-order valence-electron chi connectivity index (χ3n) is 3.67. The molecule has 1 aromatic heterocycles. The fraction of sp³-hybridized carbons (Fsp3) is 0.105. The molecule has 6 nitrogen and oxygen atoms in total. The molecule has 0 saturated heterocycles. The van der Waals surface area contributed by atoms with E-state index in [0.717, 1.165) is 16.5 Å². The van der Waals surface area contributed by atoms with Crippen molar-refractivity contribution in [3.8, 4) is 6.07 Å². The molecule has 0 aliphatic carbocycles. The van der Waals surface area contributed by atoms with Gasteiger partial charge in [-0.2, -0.15) is 5.26 Å². The molecule has 6 heteroatoms. The van der Waals surface area contributed by atoms with E-state index in [1.54, 1.807) is 30.5 Å². The van der Waals surface area contributed by atoms with Gasteiger partial charge in [0, 0.05) is 22.8 Å². The average molecular weight is 333 g/mol. The van der Waals surface area contributed by atoms with Crippen molar-refractivity contribution in [2.45, 2.75) is 6.42 Å². The maximum atomic E-state index is 11.9. The lowest BCUT2D eigenvalue weighted by molar-refractivity contribution is -0.146. The van der Waals surface area contributed by atoms with Crippen molar-refractivity contribution in [3.63, 3.8) is 0 Å². The van der Waals surface area contributed by atoms with Gasteiger partial charge in [0.2, 0.25) is 0 Å². The van der Waals surface area contributed by atoms with Crippen molar-refractivity contribution in [2.75, 3.05) is 11.9 Å². The Bertz CT molecular complexity index is 952. The van der Waals surface area contributed by atoms with Crippen LogP contribution in [-0.2, 0) is 20.7 Å². The molecule has 2 N–H and O–H groups in total. The Kier molecular flexibility index (Phi) is 4.77. The molecule has 2 aromatic carbocycles. The number of esters is 1. The van der Waals surface area contributed by atoms with Crippen LogP contribution in [0.25, 0.3) is 10.9 Å². The van der Waals surface area contributed by atoms with E-state index in [0.29, 0.717) is 11.3 Å². The van der Waals surface area contributed by atoms with Gasteiger partial charge in [-0.3, -0.25) is 9.59 Å². The quantitative estimate of drug-likeness (QED) is 0.702. The number of carbonyl (C=O) groups excluding carboxylic acids is 2. The standard InChI is InChI=1S/C19H15N3O3/c20-10-13-5-7-15(8-6-13)22-18(23)12-25-19(24)9-14-11-21-17-4-2-1-3-16(14)17/h1-8,11,21H,9,12H2,(H,22,23). The fourth-order valence-corrected chi connectivity index (χ4v) is 2.46. The van der Waals surface area contributed by atoms with Gasteiger partial charge in [-0.15, -0.1) is 0 Å². The van der Waals surface area contributed by atoms with Crippen molar-refractivity contribution in [1.29, 1.82) is 5.26 Å². The zero-order valence-electron chi connectivity index (χ0n) is 13.3. The monoisotopic (exact) mass is 333 g/mol. The molecule has 0 spiro atoms. The van der Waals surface area contributed by atoms with Crippen molar-refractivity contribution < 1.29 is 14.3 Å². The number of nitrogens with one attached hydrogen (secondary N) is 2. The first-order valence-corrected chi connectivity index (χ1v) is 7.66. The SMILES string of the molecule is N#Cc1ccc(NC(=O)COC(=O)Cc2c[nH]c3ccccc23)cc1. The Morgan fingerprint density at radius 3 is 2.64 bits per heavy atom. The second-order valence-electron chi connectivity index (χ2n) is 5.43. The van der Waals surface area contributed by atoms with Gasteiger partial charge in [0.05, 0.1) is 18.1 Å². The first-order chi connectivity index (χ1) is 12.2. The zero-order valence-corrected chi connectivity index (χ0v) is 13.3. The number of ether oxygens (including phenoxy) is 1. The van der Waals surface area contributed by atoms with Gasteiger partial charge in [0.15, 0.2) is 6.61 Å². The molecular weight excluding hydrogens is 318 g/mol. The van der Waals surface area contributed by atoms with Gasteiger partial charge in [-0.25, -0.2) is 0 Å². The molecule has 3 rings (SSSR count). The zero-order chi connectivity index (χ0) is 17.6. The maximum absolute atomic E-state index is 11.9. The van der Waals surface area contributed by atoms with Crippen molar-refractivity contribution in [2.24, 2.45) is 0 Å². The predicted molar refractivity (Wildman–Crippen MR) is 92.7 cm³/mol. The molecule has 0 radical (unpaired) electrons. The lowest BCUT2D eigenvalue weighted by atomic mass is 10.1. The number of aromatic nitrogens is 1. The summed E-state index contributed by atoms with van der Waals surface area (Å²) in [5.41, 5.74) is 2.82. The van der Waals surface area contributed by atoms with Crippen LogP contribution in [0, 0.1) is 11.3 Å². The van der Waals surface area contributed by atoms with Crippen molar-refractivity contribution in [3.05, 3.63) is 65.9 Å². The fourth-order valence-electron chi connectivity index (χ4n) is 2.46. The molecule has 0 atom stereocenters. The van der Waals surface area contributed by atoms with E-state index in [-0.39, 0.29) is 13.0 Å². The first-order valence-electron chi connectivity index (χ1n) is 7.66. The van der Waals surface area contributed by atoms with E-state index in [4.69, 9.17) is 10.00 Å². The summed E-state index contributed by atoms with van der Waals surface area (Å²) in [6.45, 7) is -0.360. The van der Waals surface area contributed by atoms with Crippen LogP contribution in [0.4, 0.5) is 5.69 Å². The van der Waals surface area contributed by atoms with E-state index in [2.05, 4.69) is 10.3 Å². The molecule has 3 aromatic rings. The second-order valence-corrected chi connectivity index (χ2v) is 5.43. The topological polar surface area (TPSA) is 95.0 Å². The highest BCUT2D eigenvalue weighted by molar-refractivity contribution is 5.93. The molecular formula is C19H15N3O3. The number of nitrogens with zero attached hydrogens (tertiary/aromatic N) is 1. The van der Waals surface area contributed by atoms with Crippen molar-refractivity contribution in [1.82, 2.24) is 4.98 Å². The van der Waals surface area contributed by atoms with Crippen LogP contribution >= 0.6 is 0 Å². The number of nitriles is 1. The van der Waals surface area contributed by atoms with Crippen LogP contribution in [0.1, 0.15) is 11.1 Å². The molecule has 1 heterocycles. The number of fused-ring (bicyclic) bond motifs is 1. The normalized spacial score (nSPS) is 10.2. The molecule has 0 saturated carbocycles. The largest absolute Gasteiger partial charge is 0.455 e. The lowest BCUT2D eigenvalue weighted by Gasteiger charge is -2.06. The summed E-state index contributed by atoms with van der Waals surface area (Å²) in [7, 11) is 0. The third kappa shape index (κ3) is 4.03. The Balaban J connectivity index is 1.51. The van der Waals surface area contributed by atoms with Crippen LogP contribution in [0.5, 0.6) is 0 Å². The van der Waals surface area contributed by atoms with Crippen LogP contribution < -0.4 is 5.32 Å². The van der Waals surface area contributed by atoms with E-state index in [1.807, 2.05) is 30.3 Å². The lowest BCUT2D eigenvalue weighted by Crippen LogP contribution is -2.21. The number of benzene rings is 2. The summed E-state index contributed by atoms with van der Waals surface area (Å²) < 4.78 is 5.03. The average Bonchev–Trinajstić information content (AvgIpc) is 3.04. The minimum absolute atomic E-state index is 0.0914. The highest BCUT2D eigenvalue weighted by atomic mass is 16.5. The minimum atomic E-state index is -0.472. The highest BCUT2D eigenvalue weighted by Gasteiger charge is 2.12. The van der Waals surface area contributed by atoms with Gasteiger partial charge >= 0.3 is 5.97 Å². The number of anilines is 1. The second kappa shape index (κ2) is 7.32. The van der Waals surface area contributed by atoms with Crippen molar-refractivity contribution >= 4 is 28.5 Å². The highest BCUT2D eigenvalue weighted by Crippen LogP contribution is 2.18. The molecule has 0 bridgehead atoms. The van der Waals surface area contributed by atoms with Gasteiger partial charge < -0.3 is 15.0 Å². The van der Waals surface area contributed by atoms with Crippen LogP contribution in [0.2, 0.25) is 0 Å². The molecule has 0 aliphatic rings. The Hall–Kier alpha value is -3.59. The smallest absolute Gasteiger partial charge is 0.310 e. The Morgan fingerprint density at radius 2 is 1.88 bits per heavy atom. The number of rotatable bonds is 5. The van der Waals surface area contributed by atoms with Crippen LogP contribution in [0.3, 0.4) is 0 Å². The molecule has 124 valence electrons. The van der Waals surface area contributed by atoms with Gasteiger partial charge in [0.25, 0.3) is 5.91 Å². The Labute approximate surface area is 144 Å². The van der Waals surface area contributed by atoms with Crippen LogP contribution in [-0.4, -0.2) is 23.5 Å². The molecule has 0 unspecified atom stereocenters. The first kappa shape index (κ1) is 16.3. The molecule has 0 aliphatic heterocycles. The predicted octanol–water partition coefficient (Wildman–Crippen LogP) is 2.76. The summed E-state index contributed by atoms with van der Waals surface area (Å²) in [6, 6.07) is 16.1. The number of hydrogen-bond donors (Lipinski definition) is 2. The van der Waals surface area contributed by atoms with E-state index in [9.17, 15) is 9.59 Å². The maximum Gasteiger partial charge on any atom is 0.310 e.